The third-order valence-corrected chi connectivity index (χ3v) is 1.02. The fourth-order valence-corrected chi connectivity index (χ4v) is 0.526. The predicted octanol–water partition coefficient (Wildman–Crippen LogP) is 0.762. The van der Waals surface area contributed by atoms with Gasteiger partial charge in [-0.1, -0.05) is 0 Å². The van der Waals surface area contributed by atoms with Gasteiger partial charge in [-0.15, -0.1) is 12.3 Å². The fraction of sp³-hybridized carbons (Fsp3) is 0.750. The molecule has 0 aromatic carbocycles. The molecule has 1 atom stereocenters. The summed E-state index contributed by atoms with van der Waals surface area (Å²) >= 11 is 0. The molecule has 2 heteroatoms. The predicted molar refractivity (Wildman–Crippen MR) is 42.5 cm³/mol. The van der Waals surface area contributed by atoms with Crippen LogP contribution in [0.5, 0.6) is 0 Å². The van der Waals surface area contributed by atoms with Gasteiger partial charge in [0.1, 0.15) is 0 Å². The first kappa shape index (κ1) is 9.48. The highest BCUT2D eigenvalue weighted by molar-refractivity contribution is 4.88. The number of ether oxygens (including phenoxy) is 1. The Labute approximate surface area is 62.7 Å². The Balaban J connectivity index is 3.23. The van der Waals surface area contributed by atoms with Gasteiger partial charge in [0, 0.05) is 12.5 Å². The van der Waals surface area contributed by atoms with Crippen molar-refractivity contribution >= 4 is 0 Å². The van der Waals surface area contributed by atoms with Gasteiger partial charge < -0.3 is 10.5 Å². The van der Waals surface area contributed by atoms with Crippen LogP contribution in [-0.2, 0) is 4.74 Å². The minimum absolute atomic E-state index is 0.00704. The number of terminal acetylenes is 1. The molecule has 1 unspecified atom stereocenters. The molecule has 0 radical (unpaired) electrons. The lowest BCUT2D eigenvalue weighted by Crippen LogP contribution is -2.27. The smallest absolute Gasteiger partial charge is 0.0630 e. The maximum Gasteiger partial charge on any atom is 0.0630 e. The molecule has 0 aliphatic heterocycles. The van der Waals surface area contributed by atoms with E-state index in [2.05, 4.69) is 5.92 Å². The van der Waals surface area contributed by atoms with Crippen molar-refractivity contribution in [3.63, 3.8) is 0 Å². The van der Waals surface area contributed by atoms with Gasteiger partial charge in [-0.2, -0.15) is 0 Å². The minimum Gasteiger partial charge on any atom is -0.377 e. The third-order valence-electron chi connectivity index (χ3n) is 1.02. The van der Waals surface area contributed by atoms with Gasteiger partial charge in [-0.3, -0.25) is 0 Å². The topological polar surface area (TPSA) is 35.2 Å². The van der Waals surface area contributed by atoms with Gasteiger partial charge >= 0.3 is 0 Å². The molecule has 0 aromatic rings. The Morgan fingerprint density at radius 1 is 1.60 bits per heavy atom. The van der Waals surface area contributed by atoms with Crippen LogP contribution in [0.3, 0.4) is 0 Å². The van der Waals surface area contributed by atoms with Crippen molar-refractivity contribution in [1.82, 2.24) is 0 Å². The zero-order valence-electron chi connectivity index (χ0n) is 6.63. The molecule has 0 aromatic heterocycles. The van der Waals surface area contributed by atoms with E-state index in [4.69, 9.17) is 16.9 Å². The molecular weight excluding hydrogens is 126 g/mol. The van der Waals surface area contributed by atoms with E-state index in [0.29, 0.717) is 13.0 Å². The summed E-state index contributed by atoms with van der Waals surface area (Å²) in [6, 6.07) is -0.00704. The largest absolute Gasteiger partial charge is 0.377 e. The van der Waals surface area contributed by atoms with Crippen LogP contribution >= 0.6 is 0 Å². The van der Waals surface area contributed by atoms with E-state index < -0.39 is 0 Å². The van der Waals surface area contributed by atoms with Crippen LogP contribution in [0.25, 0.3) is 0 Å². The average Bonchev–Trinajstić information content (AvgIpc) is 1.85. The molecule has 0 fully saturated rings. The van der Waals surface area contributed by atoms with Crippen molar-refractivity contribution in [3.8, 4) is 12.3 Å². The number of rotatable bonds is 4. The van der Waals surface area contributed by atoms with Crippen LogP contribution in [0.4, 0.5) is 0 Å². The second-order valence-electron chi connectivity index (χ2n) is 2.55. The first-order valence-electron chi connectivity index (χ1n) is 3.47. The van der Waals surface area contributed by atoms with Gasteiger partial charge in [-0.05, 0) is 13.8 Å². The van der Waals surface area contributed by atoms with E-state index in [1.807, 2.05) is 13.8 Å². The Kier molecular flexibility index (Phi) is 5.00. The molecular formula is C8H15NO. The zero-order chi connectivity index (χ0) is 7.98. The summed E-state index contributed by atoms with van der Waals surface area (Å²) in [4.78, 5) is 0. The summed E-state index contributed by atoms with van der Waals surface area (Å²) in [5, 5.41) is 0. The maximum atomic E-state index is 5.56. The Morgan fingerprint density at radius 3 is 2.60 bits per heavy atom. The van der Waals surface area contributed by atoms with Crippen LogP contribution in [0.15, 0.2) is 0 Å². The van der Waals surface area contributed by atoms with Crippen molar-refractivity contribution in [2.75, 3.05) is 6.61 Å². The lowest BCUT2D eigenvalue weighted by molar-refractivity contribution is 0.0692. The second kappa shape index (κ2) is 5.28. The minimum atomic E-state index is -0.00704. The zero-order valence-corrected chi connectivity index (χ0v) is 6.63. The van der Waals surface area contributed by atoms with Gasteiger partial charge in [0.15, 0.2) is 0 Å². The highest BCUT2D eigenvalue weighted by Crippen LogP contribution is 1.92. The number of hydrogen-bond donors (Lipinski definition) is 1. The van der Waals surface area contributed by atoms with Crippen LogP contribution in [0, 0.1) is 12.3 Å². The third kappa shape index (κ3) is 5.61. The Morgan fingerprint density at radius 2 is 2.20 bits per heavy atom. The van der Waals surface area contributed by atoms with Gasteiger partial charge in [-0.25, -0.2) is 0 Å². The molecule has 0 bridgehead atoms. The molecule has 0 heterocycles. The summed E-state index contributed by atoms with van der Waals surface area (Å²) < 4.78 is 5.24. The molecule has 0 amide bonds. The van der Waals surface area contributed by atoms with E-state index in [1.54, 1.807) is 0 Å². The molecule has 2 nitrogen and oxygen atoms in total. The van der Waals surface area contributed by atoms with Crippen LogP contribution in [0.1, 0.15) is 20.3 Å². The van der Waals surface area contributed by atoms with Gasteiger partial charge in [0.05, 0.1) is 12.7 Å². The van der Waals surface area contributed by atoms with E-state index in [0.717, 1.165) is 0 Å². The van der Waals surface area contributed by atoms with E-state index >= 15 is 0 Å². The first-order valence-corrected chi connectivity index (χ1v) is 3.47. The summed E-state index contributed by atoms with van der Waals surface area (Å²) in [6.45, 7) is 4.51. The quantitative estimate of drug-likeness (QED) is 0.587. The lowest BCUT2D eigenvalue weighted by atomic mass is 10.2. The van der Waals surface area contributed by atoms with E-state index in [9.17, 15) is 0 Å². The molecule has 0 saturated carbocycles. The molecule has 0 saturated heterocycles. The SMILES string of the molecule is C#CCC(N)COC(C)C. The van der Waals surface area contributed by atoms with Crippen molar-refractivity contribution in [1.29, 1.82) is 0 Å². The van der Waals surface area contributed by atoms with E-state index in [-0.39, 0.29) is 12.1 Å². The summed E-state index contributed by atoms with van der Waals surface area (Å²) in [5.41, 5.74) is 5.56. The first-order chi connectivity index (χ1) is 4.66. The van der Waals surface area contributed by atoms with Crippen LogP contribution in [0.2, 0.25) is 0 Å². The fourth-order valence-electron chi connectivity index (χ4n) is 0.526. The van der Waals surface area contributed by atoms with Crippen LogP contribution < -0.4 is 5.73 Å². The molecule has 10 heavy (non-hydrogen) atoms. The van der Waals surface area contributed by atoms with Gasteiger partial charge in [0.2, 0.25) is 0 Å². The molecule has 0 aliphatic carbocycles. The monoisotopic (exact) mass is 141 g/mol. The standard InChI is InChI=1S/C8H15NO/c1-4-5-8(9)6-10-7(2)3/h1,7-8H,5-6,9H2,2-3H3. The molecule has 0 aliphatic rings. The average molecular weight is 141 g/mol. The highest BCUT2D eigenvalue weighted by Gasteiger charge is 2.00. The maximum absolute atomic E-state index is 5.56. The molecule has 2 N–H and O–H groups in total. The normalized spacial score (nSPS) is 13.1. The summed E-state index contributed by atoms with van der Waals surface area (Å²) in [6.07, 6.45) is 5.88. The van der Waals surface area contributed by atoms with Crippen molar-refractivity contribution in [3.05, 3.63) is 0 Å². The van der Waals surface area contributed by atoms with E-state index in [1.165, 1.54) is 0 Å². The Bertz CT molecular complexity index is 115. The van der Waals surface area contributed by atoms with Crippen molar-refractivity contribution in [2.45, 2.75) is 32.4 Å². The van der Waals surface area contributed by atoms with Crippen molar-refractivity contribution in [2.24, 2.45) is 5.73 Å². The molecule has 58 valence electrons. The second-order valence-corrected chi connectivity index (χ2v) is 2.55. The van der Waals surface area contributed by atoms with Crippen LogP contribution in [-0.4, -0.2) is 18.8 Å². The molecule has 0 spiro atoms. The highest BCUT2D eigenvalue weighted by atomic mass is 16.5. The van der Waals surface area contributed by atoms with Gasteiger partial charge in [0.25, 0.3) is 0 Å². The van der Waals surface area contributed by atoms with Crippen molar-refractivity contribution < 1.29 is 4.74 Å². The lowest BCUT2D eigenvalue weighted by Gasteiger charge is -2.11. The summed E-state index contributed by atoms with van der Waals surface area (Å²) in [5.74, 6) is 2.49. The Hall–Kier alpha value is -0.520. The number of hydrogen-bond acceptors (Lipinski definition) is 2. The summed E-state index contributed by atoms with van der Waals surface area (Å²) in [7, 11) is 0. The molecule has 0 rings (SSSR count). The number of nitrogens with two attached hydrogens (primary N) is 1.